The number of rotatable bonds is 6. The number of Topliss-reactive ketones (excluding diaryl/α,β-unsaturated/α-hetero) is 1. The third-order valence-electron chi connectivity index (χ3n) is 7.99. The summed E-state index contributed by atoms with van der Waals surface area (Å²) in [6, 6.07) is 20.0. The van der Waals surface area contributed by atoms with Crippen molar-refractivity contribution >= 4 is 39.5 Å². The second kappa shape index (κ2) is 8.75. The first kappa shape index (κ1) is 22.0. The minimum Gasteiger partial charge on any atom is -0.314 e. The van der Waals surface area contributed by atoms with Gasteiger partial charge < -0.3 is 4.57 Å². The summed E-state index contributed by atoms with van der Waals surface area (Å²) in [5.74, 6) is 1.91. The highest BCUT2D eigenvalue weighted by Crippen LogP contribution is 2.59. The Kier molecular flexibility index (Phi) is 6.43. The molecule has 4 heteroatoms. The van der Waals surface area contributed by atoms with E-state index in [1.807, 2.05) is 60.7 Å². The highest BCUT2D eigenvalue weighted by molar-refractivity contribution is 9.10. The molecule has 2 aliphatic rings. The van der Waals surface area contributed by atoms with Crippen LogP contribution in [0.1, 0.15) is 46.0 Å². The molecule has 0 saturated heterocycles. The van der Waals surface area contributed by atoms with Crippen LogP contribution < -0.4 is 10.6 Å². The Balaban J connectivity index is 1.55. The fourth-order valence-corrected chi connectivity index (χ4v) is 10.2. The van der Waals surface area contributed by atoms with Gasteiger partial charge in [-0.3, -0.25) is 4.79 Å². The van der Waals surface area contributed by atoms with Gasteiger partial charge in [0.25, 0.3) is 0 Å². The molecule has 30 heavy (non-hydrogen) atoms. The number of benzene rings is 2. The monoisotopic (exact) mass is 486 g/mol. The van der Waals surface area contributed by atoms with E-state index in [1.54, 1.807) is 0 Å². The van der Waals surface area contributed by atoms with Crippen molar-refractivity contribution in [2.75, 3.05) is 6.16 Å². The van der Waals surface area contributed by atoms with Crippen LogP contribution in [-0.4, -0.2) is 16.8 Å². The molecule has 2 fully saturated rings. The summed E-state index contributed by atoms with van der Waals surface area (Å²) in [5.41, 5.74) is 0.213. The normalized spacial score (nSPS) is 30.1. The molecule has 0 bridgehead atoms. The molecule has 2 nitrogen and oxygen atoms in total. The van der Waals surface area contributed by atoms with Crippen molar-refractivity contribution in [1.29, 1.82) is 0 Å². The van der Waals surface area contributed by atoms with Gasteiger partial charge in [-0.1, -0.05) is 90.4 Å². The first-order valence-corrected chi connectivity index (χ1v) is 14.0. The Morgan fingerprint density at radius 1 is 1.03 bits per heavy atom. The summed E-state index contributed by atoms with van der Waals surface area (Å²) >= 11 is 3.71. The number of carbonyl (C=O) groups is 1. The molecule has 160 valence electrons. The molecule has 5 atom stereocenters. The van der Waals surface area contributed by atoms with Crippen molar-refractivity contribution in [2.45, 2.75) is 50.8 Å². The SMILES string of the molecule is C[C@H](CCP(=O)(c1ccccc1)c1ccccc1)[C@H]1CC[C@H]2[C@H](Br)C(=O)CC[C@]12C. The summed E-state index contributed by atoms with van der Waals surface area (Å²) in [6.45, 7) is 4.75. The van der Waals surface area contributed by atoms with Crippen LogP contribution >= 0.6 is 23.1 Å². The van der Waals surface area contributed by atoms with Gasteiger partial charge in [0.1, 0.15) is 12.9 Å². The third kappa shape index (κ3) is 3.89. The van der Waals surface area contributed by atoms with Gasteiger partial charge in [-0.2, -0.15) is 0 Å². The van der Waals surface area contributed by atoms with Gasteiger partial charge in [0.2, 0.25) is 0 Å². The molecular formula is C26H32BrO2P. The molecule has 0 radical (unpaired) electrons. The highest BCUT2D eigenvalue weighted by atomic mass is 79.9. The van der Waals surface area contributed by atoms with Crippen LogP contribution in [0, 0.1) is 23.2 Å². The fraction of sp³-hybridized carbons (Fsp3) is 0.500. The number of halogens is 1. The number of hydrogen-bond acceptors (Lipinski definition) is 2. The molecule has 0 spiro atoms. The highest BCUT2D eigenvalue weighted by Gasteiger charge is 2.54. The first-order valence-electron chi connectivity index (χ1n) is 11.2. The van der Waals surface area contributed by atoms with Crippen molar-refractivity contribution in [3.63, 3.8) is 0 Å². The van der Waals surface area contributed by atoms with Crippen LogP contribution in [0.4, 0.5) is 0 Å². The van der Waals surface area contributed by atoms with Gasteiger partial charge in [0.05, 0.1) is 4.83 Å². The number of fused-ring (bicyclic) bond motifs is 1. The number of carbonyl (C=O) groups excluding carboxylic acids is 1. The summed E-state index contributed by atoms with van der Waals surface area (Å²) in [4.78, 5) is 12.3. The van der Waals surface area contributed by atoms with Crippen LogP contribution in [0.5, 0.6) is 0 Å². The summed E-state index contributed by atoms with van der Waals surface area (Å²) < 4.78 is 14.3. The minimum absolute atomic E-state index is 0.0215. The zero-order chi connectivity index (χ0) is 21.4. The van der Waals surface area contributed by atoms with Crippen molar-refractivity contribution in [3.8, 4) is 0 Å². The van der Waals surface area contributed by atoms with Gasteiger partial charge in [0.15, 0.2) is 0 Å². The molecule has 0 aromatic heterocycles. The third-order valence-corrected chi connectivity index (χ3v) is 12.3. The molecule has 0 amide bonds. The zero-order valence-corrected chi connectivity index (χ0v) is 20.4. The lowest BCUT2D eigenvalue weighted by atomic mass is 9.62. The molecule has 2 aromatic carbocycles. The molecule has 2 saturated carbocycles. The molecule has 4 rings (SSSR count). The lowest BCUT2D eigenvalue weighted by molar-refractivity contribution is -0.124. The van der Waals surface area contributed by atoms with Crippen LogP contribution in [0.15, 0.2) is 60.7 Å². The zero-order valence-electron chi connectivity index (χ0n) is 18.0. The van der Waals surface area contributed by atoms with E-state index in [0.717, 1.165) is 29.9 Å². The van der Waals surface area contributed by atoms with E-state index < -0.39 is 7.14 Å². The predicted molar refractivity (Wildman–Crippen MR) is 130 cm³/mol. The van der Waals surface area contributed by atoms with E-state index in [-0.39, 0.29) is 10.2 Å². The molecule has 0 unspecified atom stereocenters. The smallest absolute Gasteiger partial charge is 0.146 e. The Hall–Kier alpha value is -1.18. The molecule has 0 N–H and O–H groups in total. The molecule has 2 aliphatic carbocycles. The van der Waals surface area contributed by atoms with Gasteiger partial charge in [-0.15, -0.1) is 0 Å². The van der Waals surface area contributed by atoms with Crippen molar-refractivity contribution in [2.24, 2.45) is 23.2 Å². The maximum absolute atomic E-state index is 14.3. The average Bonchev–Trinajstić information content (AvgIpc) is 3.14. The summed E-state index contributed by atoms with van der Waals surface area (Å²) in [6.07, 6.45) is 5.66. The van der Waals surface area contributed by atoms with E-state index in [2.05, 4.69) is 29.8 Å². The molecule has 0 aliphatic heterocycles. The van der Waals surface area contributed by atoms with Gasteiger partial charge in [-0.05, 0) is 48.9 Å². The lowest BCUT2D eigenvalue weighted by Crippen LogP contribution is -2.43. The average molecular weight is 487 g/mol. The predicted octanol–water partition coefficient (Wildman–Crippen LogP) is 6.19. The number of ketones is 1. The van der Waals surface area contributed by atoms with E-state index in [1.165, 1.54) is 6.42 Å². The van der Waals surface area contributed by atoms with E-state index in [0.29, 0.717) is 36.1 Å². The van der Waals surface area contributed by atoms with Crippen LogP contribution in [0.3, 0.4) is 0 Å². The summed E-state index contributed by atoms with van der Waals surface area (Å²) in [7, 11) is -2.66. The van der Waals surface area contributed by atoms with E-state index >= 15 is 0 Å². The fourth-order valence-electron chi connectivity index (χ4n) is 6.17. The Labute approximate surface area is 189 Å². The number of hydrogen-bond donors (Lipinski definition) is 0. The van der Waals surface area contributed by atoms with Crippen molar-refractivity contribution in [1.82, 2.24) is 0 Å². The standard InChI is InChI=1S/C26H32BrO2P/c1-19(22-13-14-23-25(27)24(28)15-17-26(22,23)2)16-18-30(29,20-9-5-3-6-10-20)21-11-7-4-8-12-21/h3-12,19,22-23,25H,13-18H2,1-2H3/t19-,22-,23+,25+,26-/m1/s1. The van der Waals surface area contributed by atoms with Gasteiger partial charge in [-0.25, -0.2) is 0 Å². The minimum atomic E-state index is -2.66. The largest absolute Gasteiger partial charge is 0.314 e. The molecule has 2 aromatic rings. The van der Waals surface area contributed by atoms with E-state index in [4.69, 9.17) is 0 Å². The maximum atomic E-state index is 14.3. The van der Waals surface area contributed by atoms with E-state index in [9.17, 15) is 9.36 Å². The van der Waals surface area contributed by atoms with Crippen LogP contribution in [-0.2, 0) is 9.36 Å². The first-order chi connectivity index (χ1) is 14.4. The second-order valence-electron chi connectivity index (χ2n) is 9.56. The van der Waals surface area contributed by atoms with Gasteiger partial charge >= 0.3 is 0 Å². The van der Waals surface area contributed by atoms with Gasteiger partial charge in [0, 0.05) is 23.2 Å². The maximum Gasteiger partial charge on any atom is 0.146 e. The topological polar surface area (TPSA) is 34.1 Å². The van der Waals surface area contributed by atoms with Crippen molar-refractivity contribution in [3.05, 3.63) is 60.7 Å². The van der Waals surface area contributed by atoms with Crippen molar-refractivity contribution < 1.29 is 9.36 Å². The second-order valence-corrected chi connectivity index (χ2v) is 13.5. The Morgan fingerprint density at radius 3 is 2.17 bits per heavy atom. The Bertz CT molecular complexity index is 885. The van der Waals surface area contributed by atoms with Crippen LogP contribution in [0.25, 0.3) is 0 Å². The summed E-state index contributed by atoms with van der Waals surface area (Å²) in [5, 5.41) is 1.92. The Morgan fingerprint density at radius 2 is 1.60 bits per heavy atom. The quantitative estimate of drug-likeness (QED) is 0.360. The molecule has 0 heterocycles. The van der Waals surface area contributed by atoms with Crippen LogP contribution in [0.2, 0.25) is 0 Å². The lowest BCUT2D eigenvalue weighted by Gasteiger charge is -2.44. The molecular weight excluding hydrogens is 455 g/mol. The number of alkyl halides is 1.